The van der Waals surface area contributed by atoms with Gasteiger partial charge in [-0.15, -0.1) is 0 Å². The van der Waals surface area contributed by atoms with Gasteiger partial charge in [0.15, 0.2) is 0 Å². The third kappa shape index (κ3) is 5.19. The van der Waals surface area contributed by atoms with Crippen molar-refractivity contribution in [2.24, 2.45) is 11.7 Å². The second-order valence-electron chi connectivity index (χ2n) is 7.23. The van der Waals surface area contributed by atoms with Crippen molar-refractivity contribution >= 4 is 12.0 Å². The minimum atomic E-state index is -0.848. The molecule has 0 aromatic heterocycles. The van der Waals surface area contributed by atoms with Gasteiger partial charge in [0.1, 0.15) is 11.1 Å². The Morgan fingerprint density at radius 2 is 2.00 bits per heavy atom. The molecule has 0 spiro atoms. The number of nitrogens with two attached hydrogens (primary N) is 1. The Labute approximate surface area is 127 Å². The molecule has 6 nitrogen and oxygen atoms in total. The van der Waals surface area contributed by atoms with Gasteiger partial charge in [-0.2, -0.15) is 0 Å². The van der Waals surface area contributed by atoms with Crippen LogP contribution in [0.1, 0.15) is 47.5 Å². The Bertz CT molecular complexity index is 390. The number of carbonyl (C=O) groups excluding carboxylic acids is 2. The lowest BCUT2D eigenvalue weighted by atomic mass is 9.88. The van der Waals surface area contributed by atoms with E-state index in [9.17, 15) is 9.59 Å². The number of piperidine rings is 1. The van der Waals surface area contributed by atoms with Crippen molar-refractivity contribution in [2.75, 3.05) is 19.6 Å². The number of primary amides is 1. The van der Waals surface area contributed by atoms with Crippen LogP contribution in [0.2, 0.25) is 0 Å². The second-order valence-corrected chi connectivity index (χ2v) is 7.23. The summed E-state index contributed by atoms with van der Waals surface area (Å²) in [6.45, 7) is 11.2. The largest absolute Gasteiger partial charge is 0.444 e. The highest BCUT2D eigenvalue weighted by Gasteiger charge is 2.42. The van der Waals surface area contributed by atoms with Crippen LogP contribution in [0.15, 0.2) is 0 Å². The maximum absolute atomic E-state index is 12.2. The van der Waals surface area contributed by atoms with Crippen LogP contribution in [0.3, 0.4) is 0 Å². The Morgan fingerprint density at radius 1 is 1.38 bits per heavy atom. The van der Waals surface area contributed by atoms with Crippen LogP contribution in [0, 0.1) is 5.92 Å². The number of rotatable bonds is 4. The molecule has 0 saturated carbocycles. The van der Waals surface area contributed by atoms with Gasteiger partial charge in [-0.05, 0) is 46.1 Å². The molecule has 1 atom stereocenters. The summed E-state index contributed by atoms with van der Waals surface area (Å²) >= 11 is 0. The molecule has 1 fully saturated rings. The molecule has 1 aliphatic heterocycles. The molecule has 0 bridgehead atoms. The molecule has 21 heavy (non-hydrogen) atoms. The van der Waals surface area contributed by atoms with Crippen LogP contribution in [0.25, 0.3) is 0 Å². The molecule has 1 aliphatic rings. The van der Waals surface area contributed by atoms with E-state index in [2.05, 4.69) is 19.2 Å². The lowest BCUT2D eigenvalue weighted by Gasteiger charge is -2.41. The summed E-state index contributed by atoms with van der Waals surface area (Å²) in [5.41, 5.74) is 4.20. The summed E-state index contributed by atoms with van der Waals surface area (Å²) < 4.78 is 5.38. The number of carbonyl (C=O) groups is 2. The van der Waals surface area contributed by atoms with E-state index in [4.69, 9.17) is 10.5 Å². The lowest BCUT2D eigenvalue weighted by molar-refractivity contribution is -0.126. The molecule has 0 aliphatic carbocycles. The van der Waals surface area contributed by atoms with Crippen molar-refractivity contribution in [1.29, 1.82) is 0 Å². The minimum absolute atomic E-state index is 0.268. The highest BCUT2D eigenvalue weighted by Crippen LogP contribution is 2.23. The SMILES string of the molecule is CC(C)CNC1(C(N)=O)CCCN(C(=O)OC(C)(C)C)C1. The fourth-order valence-electron chi connectivity index (χ4n) is 2.37. The van der Waals surface area contributed by atoms with Crippen LogP contribution in [-0.4, -0.2) is 47.7 Å². The fraction of sp³-hybridized carbons (Fsp3) is 0.867. The van der Waals surface area contributed by atoms with E-state index < -0.39 is 17.0 Å². The molecule has 1 saturated heterocycles. The first-order valence-corrected chi connectivity index (χ1v) is 7.58. The number of hydrogen-bond donors (Lipinski definition) is 2. The topological polar surface area (TPSA) is 84.7 Å². The predicted molar refractivity (Wildman–Crippen MR) is 81.8 cm³/mol. The molecule has 1 heterocycles. The Kier molecular flexibility index (Phi) is 5.61. The normalized spacial score (nSPS) is 23.2. The standard InChI is InChI=1S/C15H29N3O3/c1-11(2)9-17-15(12(16)19)7-6-8-18(10-15)13(20)21-14(3,4)5/h11,17H,6-10H2,1-5H3,(H2,16,19). The highest BCUT2D eigenvalue weighted by atomic mass is 16.6. The summed E-state index contributed by atoms with van der Waals surface area (Å²) in [6, 6.07) is 0. The Balaban J connectivity index is 2.79. The molecule has 2 amide bonds. The molecule has 6 heteroatoms. The van der Waals surface area contributed by atoms with Crippen molar-refractivity contribution < 1.29 is 14.3 Å². The predicted octanol–water partition coefficient (Wildman–Crippen LogP) is 1.49. The number of amides is 2. The monoisotopic (exact) mass is 299 g/mol. The third-order valence-corrected chi connectivity index (χ3v) is 3.46. The lowest BCUT2D eigenvalue weighted by Crippen LogP contribution is -2.65. The van der Waals surface area contributed by atoms with Crippen LogP contribution in [-0.2, 0) is 9.53 Å². The zero-order valence-electron chi connectivity index (χ0n) is 13.9. The molecule has 1 rings (SSSR count). The van der Waals surface area contributed by atoms with E-state index >= 15 is 0 Å². The summed E-state index contributed by atoms with van der Waals surface area (Å²) in [7, 11) is 0. The van der Waals surface area contributed by atoms with Crippen LogP contribution in [0.4, 0.5) is 4.79 Å². The number of ether oxygens (including phenoxy) is 1. The molecule has 3 N–H and O–H groups in total. The van der Waals surface area contributed by atoms with Gasteiger partial charge in [-0.1, -0.05) is 13.8 Å². The van der Waals surface area contributed by atoms with Gasteiger partial charge < -0.3 is 20.7 Å². The van der Waals surface area contributed by atoms with E-state index in [1.54, 1.807) is 4.90 Å². The molecule has 0 aromatic carbocycles. The first kappa shape index (κ1) is 17.8. The fourth-order valence-corrected chi connectivity index (χ4v) is 2.37. The zero-order chi connectivity index (χ0) is 16.3. The van der Waals surface area contributed by atoms with Crippen molar-refractivity contribution in [3.8, 4) is 0 Å². The molecule has 122 valence electrons. The van der Waals surface area contributed by atoms with E-state index in [1.807, 2.05) is 20.8 Å². The Hall–Kier alpha value is -1.30. The van der Waals surface area contributed by atoms with Gasteiger partial charge in [-0.25, -0.2) is 4.79 Å². The van der Waals surface area contributed by atoms with E-state index in [-0.39, 0.29) is 12.6 Å². The van der Waals surface area contributed by atoms with Gasteiger partial charge in [-0.3, -0.25) is 4.79 Å². The quantitative estimate of drug-likeness (QED) is 0.823. The average molecular weight is 299 g/mol. The minimum Gasteiger partial charge on any atom is -0.444 e. The summed E-state index contributed by atoms with van der Waals surface area (Å²) in [5, 5.41) is 3.26. The third-order valence-electron chi connectivity index (χ3n) is 3.46. The van der Waals surface area contributed by atoms with E-state index in [0.29, 0.717) is 25.4 Å². The zero-order valence-corrected chi connectivity index (χ0v) is 13.9. The number of hydrogen-bond acceptors (Lipinski definition) is 4. The van der Waals surface area contributed by atoms with Crippen LogP contribution >= 0.6 is 0 Å². The molecule has 1 unspecified atom stereocenters. The summed E-state index contributed by atoms with van der Waals surface area (Å²) in [6.07, 6.45) is 0.987. The van der Waals surface area contributed by atoms with E-state index in [0.717, 1.165) is 6.42 Å². The van der Waals surface area contributed by atoms with Crippen molar-refractivity contribution in [1.82, 2.24) is 10.2 Å². The molecule has 0 radical (unpaired) electrons. The molecular weight excluding hydrogens is 270 g/mol. The highest BCUT2D eigenvalue weighted by molar-refractivity contribution is 5.86. The van der Waals surface area contributed by atoms with Gasteiger partial charge in [0, 0.05) is 6.54 Å². The smallest absolute Gasteiger partial charge is 0.410 e. The number of likely N-dealkylation sites (tertiary alicyclic amines) is 1. The van der Waals surface area contributed by atoms with Crippen LogP contribution < -0.4 is 11.1 Å². The van der Waals surface area contributed by atoms with Crippen molar-refractivity contribution in [3.63, 3.8) is 0 Å². The number of nitrogens with zero attached hydrogens (tertiary/aromatic N) is 1. The first-order valence-electron chi connectivity index (χ1n) is 7.58. The van der Waals surface area contributed by atoms with Gasteiger partial charge in [0.2, 0.25) is 5.91 Å². The van der Waals surface area contributed by atoms with Crippen LogP contribution in [0.5, 0.6) is 0 Å². The van der Waals surface area contributed by atoms with Crippen molar-refractivity contribution in [3.05, 3.63) is 0 Å². The number of nitrogens with one attached hydrogen (secondary N) is 1. The molecular formula is C15H29N3O3. The van der Waals surface area contributed by atoms with Gasteiger partial charge in [0.25, 0.3) is 0 Å². The average Bonchev–Trinajstić information content (AvgIpc) is 2.34. The summed E-state index contributed by atoms with van der Waals surface area (Å²) in [5.74, 6) is -0.00506. The second kappa shape index (κ2) is 6.64. The van der Waals surface area contributed by atoms with Gasteiger partial charge in [0.05, 0.1) is 6.54 Å². The Morgan fingerprint density at radius 3 is 2.48 bits per heavy atom. The maximum atomic E-state index is 12.2. The van der Waals surface area contributed by atoms with Crippen molar-refractivity contribution in [2.45, 2.75) is 58.6 Å². The first-order chi connectivity index (χ1) is 9.56. The van der Waals surface area contributed by atoms with Gasteiger partial charge >= 0.3 is 6.09 Å². The maximum Gasteiger partial charge on any atom is 0.410 e. The summed E-state index contributed by atoms with van der Waals surface area (Å²) in [4.78, 5) is 25.7. The van der Waals surface area contributed by atoms with E-state index in [1.165, 1.54) is 0 Å². The molecule has 0 aromatic rings.